The third kappa shape index (κ3) is 3.42. The molecule has 222 valence electrons. The number of para-hydroxylation sites is 3. The van der Waals surface area contributed by atoms with Crippen molar-refractivity contribution in [1.82, 2.24) is 23.9 Å². The molecule has 11 rings (SSSR count). The summed E-state index contributed by atoms with van der Waals surface area (Å²) >= 11 is 0. The Bertz CT molecular complexity index is 2990. The van der Waals surface area contributed by atoms with Crippen LogP contribution < -0.4 is 0 Å². The normalized spacial score (nSPS) is 12.2. The number of benzene rings is 7. The molecule has 0 bridgehead atoms. The molecular weight excluding hydrogens is 587 g/mol. The van der Waals surface area contributed by atoms with E-state index in [0.717, 1.165) is 27.5 Å². The summed E-state index contributed by atoms with van der Waals surface area (Å²) in [5.74, 6) is 1.88. The zero-order valence-corrected chi connectivity index (χ0v) is 25.7. The van der Waals surface area contributed by atoms with Crippen LogP contribution in [0.5, 0.6) is 0 Å². The highest BCUT2D eigenvalue weighted by molar-refractivity contribution is 6.30. The van der Waals surface area contributed by atoms with Crippen LogP contribution >= 0.6 is 0 Å². The molecular formula is C43H25N5. The molecule has 0 aliphatic carbocycles. The Morgan fingerprint density at radius 3 is 1.71 bits per heavy atom. The molecule has 11 aromatic rings. The highest BCUT2D eigenvalue weighted by atomic mass is 15.2. The topological polar surface area (TPSA) is 48.0 Å². The molecule has 0 unspecified atom stereocenters. The summed E-state index contributed by atoms with van der Waals surface area (Å²) in [5.41, 5.74) is 7.75. The molecule has 0 atom stereocenters. The van der Waals surface area contributed by atoms with E-state index in [0.29, 0.717) is 17.6 Å². The quantitative estimate of drug-likeness (QED) is 0.200. The molecule has 4 heterocycles. The minimum Gasteiger partial charge on any atom is -0.308 e. The van der Waals surface area contributed by atoms with Crippen molar-refractivity contribution in [1.29, 1.82) is 0 Å². The van der Waals surface area contributed by atoms with Crippen LogP contribution in [0.2, 0.25) is 0 Å². The summed E-state index contributed by atoms with van der Waals surface area (Å²) in [4.78, 5) is 15.3. The Labute approximate surface area is 274 Å². The van der Waals surface area contributed by atoms with Crippen LogP contribution in [0.15, 0.2) is 152 Å². The Hall–Kier alpha value is -6.59. The maximum Gasteiger partial charge on any atom is 0.238 e. The second-order valence-electron chi connectivity index (χ2n) is 12.5. The maximum absolute atomic E-state index is 5.15. The standard InChI is InChI=1S/C43H25N5/c1-3-12-26(13-4-1)41-44-42(27-14-5-2-6-15-27)46-43(45-41)48-36-21-10-8-17-30(36)34-24-28-22-23-37-39(33(28)25-38(34)48)32-19-11-18-31-29-16-7-9-20-35(29)47(37)40(31)32/h1-25H. The van der Waals surface area contributed by atoms with Crippen LogP contribution in [0.4, 0.5) is 0 Å². The average molecular weight is 612 g/mol. The van der Waals surface area contributed by atoms with Crippen LogP contribution in [0.1, 0.15) is 0 Å². The van der Waals surface area contributed by atoms with E-state index in [2.05, 4.69) is 124 Å². The van der Waals surface area contributed by atoms with E-state index in [1.54, 1.807) is 0 Å². The van der Waals surface area contributed by atoms with Gasteiger partial charge in [-0.25, -0.2) is 4.98 Å². The van der Waals surface area contributed by atoms with Gasteiger partial charge < -0.3 is 4.40 Å². The van der Waals surface area contributed by atoms with Gasteiger partial charge >= 0.3 is 0 Å². The van der Waals surface area contributed by atoms with Gasteiger partial charge in [0, 0.05) is 43.4 Å². The van der Waals surface area contributed by atoms with E-state index in [4.69, 9.17) is 15.0 Å². The number of nitrogens with zero attached hydrogens (tertiary/aromatic N) is 5. The summed E-state index contributed by atoms with van der Waals surface area (Å²) in [5, 5.41) is 9.86. The first-order valence-electron chi connectivity index (χ1n) is 16.2. The Kier molecular flexibility index (Phi) is 5.05. The first-order valence-corrected chi connectivity index (χ1v) is 16.2. The van der Waals surface area contributed by atoms with Crippen molar-refractivity contribution in [2.24, 2.45) is 0 Å². The molecule has 5 heteroatoms. The van der Waals surface area contributed by atoms with Crippen LogP contribution in [0, 0.1) is 0 Å². The fourth-order valence-electron chi connectivity index (χ4n) is 7.83. The van der Waals surface area contributed by atoms with Crippen molar-refractivity contribution in [2.45, 2.75) is 0 Å². The number of hydrogen-bond donors (Lipinski definition) is 0. The lowest BCUT2D eigenvalue weighted by Crippen LogP contribution is -2.06. The van der Waals surface area contributed by atoms with Gasteiger partial charge in [-0.2, -0.15) is 9.97 Å². The molecule has 0 aliphatic rings. The fourth-order valence-corrected chi connectivity index (χ4v) is 7.83. The van der Waals surface area contributed by atoms with Gasteiger partial charge in [0.25, 0.3) is 0 Å². The predicted octanol–water partition coefficient (Wildman–Crippen LogP) is 10.6. The highest BCUT2D eigenvalue weighted by Crippen LogP contribution is 2.43. The van der Waals surface area contributed by atoms with Crippen molar-refractivity contribution < 1.29 is 0 Å². The summed E-state index contributed by atoms with van der Waals surface area (Å²) in [6, 6.07) is 53.6. The second-order valence-corrected chi connectivity index (χ2v) is 12.5. The van der Waals surface area contributed by atoms with E-state index in [-0.39, 0.29) is 0 Å². The molecule has 0 fully saturated rings. The van der Waals surface area contributed by atoms with E-state index in [9.17, 15) is 0 Å². The largest absolute Gasteiger partial charge is 0.308 e. The third-order valence-corrected chi connectivity index (χ3v) is 9.88. The van der Waals surface area contributed by atoms with Crippen molar-refractivity contribution >= 4 is 70.7 Å². The van der Waals surface area contributed by atoms with Crippen molar-refractivity contribution in [2.75, 3.05) is 0 Å². The van der Waals surface area contributed by atoms with Gasteiger partial charge in [0.2, 0.25) is 5.95 Å². The first kappa shape index (κ1) is 25.6. The van der Waals surface area contributed by atoms with E-state index in [1.165, 1.54) is 54.3 Å². The summed E-state index contributed by atoms with van der Waals surface area (Å²) in [6.07, 6.45) is 0. The molecule has 0 N–H and O–H groups in total. The van der Waals surface area contributed by atoms with Crippen molar-refractivity contribution in [3.63, 3.8) is 0 Å². The van der Waals surface area contributed by atoms with E-state index < -0.39 is 0 Å². The molecule has 0 spiro atoms. The second kappa shape index (κ2) is 9.47. The fraction of sp³-hybridized carbons (Fsp3) is 0. The maximum atomic E-state index is 5.15. The first-order chi connectivity index (χ1) is 23.8. The zero-order chi connectivity index (χ0) is 31.3. The van der Waals surface area contributed by atoms with Crippen molar-refractivity contribution in [3.05, 3.63) is 152 Å². The molecule has 0 saturated carbocycles. The van der Waals surface area contributed by atoms with Gasteiger partial charge in [-0.05, 0) is 41.1 Å². The lowest BCUT2D eigenvalue weighted by Gasteiger charge is -2.11. The van der Waals surface area contributed by atoms with Crippen LogP contribution in [-0.4, -0.2) is 23.9 Å². The SMILES string of the molecule is c1ccc(-c2nc(-c3ccccc3)nc(-n3c4ccccc4c4cc5ccc6c(c5cc43)c3cccc4c5ccccc5n6c43)n2)cc1. The van der Waals surface area contributed by atoms with Gasteiger partial charge in [0.15, 0.2) is 11.6 Å². The average Bonchev–Trinajstić information content (AvgIpc) is 3.79. The molecule has 5 nitrogen and oxygen atoms in total. The number of hydrogen-bond acceptors (Lipinski definition) is 3. The lowest BCUT2D eigenvalue weighted by molar-refractivity contribution is 0.954. The summed E-state index contributed by atoms with van der Waals surface area (Å²) in [6.45, 7) is 0. The zero-order valence-electron chi connectivity index (χ0n) is 25.7. The van der Waals surface area contributed by atoms with E-state index in [1.807, 2.05) is 36.4 Å². The number of rotatable bonds is 3. The van der Waals surface area contributed by atoms with Crippen molar-refractivity contribution in [3.8, 4) is 28.7 Å². The predicted molar refractivity (Wildman–Crippen MR) is 197 cm³/mol. The van der Waals surface area contributed by atoms with Gasteiger partial charge in [-0.1, -0.05) is 121 Å². The van der Waals surface area contributed by atoms with Crippen LogP contribution in [0.25, 0.3) is 99.4 Å². The lowest BCUT2D eigenvalue weighted by atomic mass is 10.00. The molecule has 0 saturated heterocycles. The molecule has 4 aromatic heterocycles. The Morgan fingerprint density at radius 2 is 0.979 bits per heavy atom. The minimum atomic E-state index is 0.597. The minimum absolute atomic E-state index is 0.597. The van der Waals surface area contributed by atoms with Crippen LogP contribution in [-0.2, 0) is 0 Å². The Balaban J connectivity index is 1.28. The number of aromatic nitrogens is 5. The molecule has 0 radical (unpaired) electrons. The molecule has 0 amide bonds. The third-order valence-electron chi connectivity index (χ3n) is 9.88. The smallest absolute Gasteiger partial charge is 0.238 e. The summed E-state index contributed by atoms with van der Waals surface area (Å²) in [7, 11) is 0. The van der Waals surface area contributed by atoms with Gasteiger partial charge in [-0.15, -0.1) is 0 Å². The molecule has 48 heavy (non-hydrogen) atoms. The van der Waals surface area contributed by atoms with Gasteiger partial charge in [0.05, 0.1) is 27.6 Å². The highest BCUT2D eigenvalue weighted by Gasteiger charge is 2.22. The van der Waals surface area contributed by atoms with Gasteiger partial charge in [-0.3, -0.25) is 4.57 Å². The van der Waals surface area contributed by atoms with Crippen LogP contribution in [0.3, 0.4) is 0 Å². The van der Waals surface area contributed by atoms with Gasteiger partial charge in [0.1, 0.15) is 0 Å². The van der Waals surface area contributed by atoms with E-state index >= 15 is 0 Å². The molecule has 7 aromatic carbocycles. The number of fused-ring (bicyclic) bond motifs is 11. The molecule has 0 aliphatic heterocycles. The summed E-state index contributed by atoms with van der Waals surface area (Å²) < 4.78 is 4.66. The Morgan fingerprint density at radius 1 is 0.375 bits per heavy atom. The monoisotopic (exact) mass is 611 g/mol.